The van der Waals surface area contributed by atoms with Gasteiger partial charge >= 0.3 is 5.97 Å². The maximum absolute atomic E-state index is 10.7. The van der Waals surface area contributed by atoms with Gasteiger partial charge in [0.15, 0.2) is 0 Å². The predicted octanol–water partition coefficient (Wildman–Crippen LogP) is 3.46. The van der Waals surface area contributed by atoms with Gasteiger partial charge in [-0.05, 0) is 25.3 Å². The molecular weight excluding hydrogens is 176 g/mol. The van der Waals surface area contributed by atoms with Crippen molar-refractivity contribution in [3.63, 3.8) is 0 Å². The molecule has 0 N–H and O–H groups in total. The van der Waals surface area contributed by atoms with Crippen LogP contribution in [0.2, 0.25) is 0 Å². The minimum Gasteiger partial charge on any atom is -0.458 e. The summed E-state index contributed by atoms with van der Waals surface area (Å²) < 4.78 is 5.08. The zero-order valence-corrected chi connectivity index (χ0v) is 9.58. The Morgan fingerprint density at radius 3 is 2.57 bits per heavy atom. The van der Waals surface area contributed by atoms with Gasteiger partial charge in [0.2, 0.25) is 0 Å². The number of esters is 1. The Labute approximate surface area is 87.3 Å². The zero-order valence-electron chi connectivity index (χ0n) is 9.58. The maximum Gasteiger partial charge on any atom is 0.303 e. The van der Waals surface area contributed by atoms with Crippen molar-refractivity contribution >= 4 is 5.97 Å². The molecule has 0 amide bonds. The lowest BCUT2D eigenvalue weighted by molar-refractivity contribution is -0.144. The van der Waals surface area contributed by atoms with Gasteiger partial charge in [-0.1, -0.05) is 32.8 Å². The molecule has 0 rings (SSSR count). The molecule has 0 saturated carbocycles. The van der Waals surface area contributed by atoms with Gasteiger partial charge in [0, 0.05) is 6.92 Å². The molecular formula is C12H22O2. The normalized spacial score (nSPS) is 13.1. The molecule has 0 radical (unpaired) electrons. The summed E-state index contributed by atoms with van der Waals surface area (Å²) in [6.45, 7) is 5.66. The first-order valence-electron chi connectivity index (χ1n) is 5.54. The minimum absolute atomic E-state index is 0.0332. The number of hydrogen-bond acceptors (Lipinski definition) is 2. The third-order valence-corrected chi connectivity index (χ3v) is 2.04. The average molecular weight is 198 g/mol. The highest BCUT2D eigenvalue weighted by atomic mass is 16.5. The highest BCUT2D eigenvalue weighted by Gasteiger charge is 2.03. The van der Waals surface area contributed by atoms with Crippen molar-refractivity contribution in [2.24, 2.45) is 0 Å². The summed E-state index contributed by atoms with van der Waals surface area (Å²) in [4.78, 5) is 10.7. The van der Waals surface area contributed by atoms with Gasteiger partial charge in [-0.15, -0.1) is 0 Å². The van der Waals surface area contributed by atoms with Crippen LogP contribution >= 0.6 is 0 Å². The van der Waals surface area contributed by atoms with E-state index in [1.54, 1.807) is 0 Å². The van der Waals surface area contributed by atoms with Crippen LogP contribution < -0.4 is 0 Å². The van der Waals surface area contributed by atoms with Crippen molar-refractivity contribution in [3.05, 3.63) is 12.2 Å². The second kappa shape index (κ2) is 8.79. The SMILES string of the molecule is CCCCCC=CC(CC)OC(C)=O. The lowest BCUT2D eigenvalue weighted by Gasteiger charge is -2.09. The lowest BCUT2D eigenvalue weighted by atomic mass is 10.1. The van der Waals surface area contributed by atoms with E-state index >= 15 is 0 Å². The van der Waals surface area contributed by atoms with Crippen molar-refractivity contribution < 1.29 is 9.53 Å². The average Bonchev–Trinajstić information content (AvgIpc) is 2.15. The summed E-state index contributed by atoms with van der Waals surface area (Å²) in [5, 5.41) is 0. The van der Waals surface area contributed by atoms with Gasteiger partial charge in [0.05, 0.1) is 0 Å². The molecule has 0 aliphatic rings. The highest BCUT2D eigenvalue weighted by molar-refractivity contribution is 5.66. The van der Waals surface area contributed by atoms with Gasteiger partial charge in [-0.25, -0.2) is 0 Å². The van der Waals surface area contributed by atoms with Crippen LogP contribution in [0.25, 0.3) is 0 Å². The minimum atomic E-state index is -0.199. The van der Waals surface area contributed by atoms with E-state index in [0.717, 1.165) is 12.8 Å². The van der Waals surface area contributed by atoms with Gasteiger partial charge in [-0.2, -0.15) is 0 Å². The van der Waals surface area contributed by atoms with Crippen molar-refractivity contribution in [1.29, 1.82) is 0 Å². The van der Waals surface area contributed by atoms with Crippen molar-refractivity contribution in [2.75, 3.05) is 0 Å². The number of hydrogen-bond donors (Lipinski definition) is 0. The molecule has 0 spiro atoms. The third-order valence-electron chi connectivity index (χ3n) is 2.04. The molecule has 0 fully saturated rings. The van der Waals surface area contributed by atoms with Crippen LogP contribution in [-0.2, 0) is 9.53 Å². The third kappa shape index (κ3) is 7.84. The molecule has 14 heavy (non-hydrogen) atoms. The first-order valence-corrected chi connectivity index (χ1v) is 5.54. The van der Waals surface area contributed by atoms with E-state index < -0.39 is 0 Å². The highest BCUT2D eigenvalue weighted by Crippen LogP contribution is 2.04. The summed E-state index contributed by atoms with van der Waals surface area (Å²) in [5.41, 5.74) is 0. The molecule has 0 bridgehead atoms. The molecule has 0 aliphatic heterocycles. The van der Waals surface area contributed by atoms with E-state index in [1.807, 2.05) is 13.0 Å². The number of carbonyl (C=O) groups is 1. The Bertz CT molecular complexity index is 173. The summed E-state index contributed by atoms with van der Waals surface area (Å²) in [6, 6.07) is 0. The molecule has 0 aliphatic carbocycles. The number of unbranched alkanes of at least 4 members (excludes halogenated alkanes) is 3. The molecule has 82 valence electrons. The largest absolute Gasteiger partial charge is 0.458 e. The monoisotopic (exact) mass is 198 g/mol. The molecule has 0 saturated heterocycles. The Kier molecular flexibility index (Phi) is 8.30. The molecule has 0 aromatic rings. The fourth-order valence-electron chi connectivity index (χ4n) is 1.23. The molecule has 2 heteroatoms. The van der Waals surface area contributed by atoms with E-state index in [4.69, 9.17) is 4.74 Å². The van der Waals surface area contributed by atoms with Gasteiger partial charge in [0.1, 0.15) is 6.10 Å². The van der Waals surface area contributed by atoms with Crippen LogP contribution in [0.5, 0.6) is 0 Å². The standard InChI is InChI=1S/C12H22O2/c1-4-6-7-8-9-10-12(5-2)14-11(3)13/h9-10,12H,4-8H2,1-3H3. The Hall–Kier alpha value is -0.790. The van der Waals surface area contributed by atoms with E-state index in [9.17, 15) is 4.79 Å². The van der Waals surface area contributed by atoms with Gasteiger partial charge < -0.3 is 4.74 Å². The Morgan fingerprint density at radius 2 is 2.07 bits per heavy atom. The maximum atomic E-state index is 10.7. The second-order valence-corrected chi connectivity index (χ2v) is 3.48. The fraction of sp³-hybridized carbons (Fsp3) is 0.750. The molecule has 1 unspecified atom stereocenters. The van der Waals surface area contributed by atoms with E-state index in [2.05, 4.69) is 13.0 Å². The molecule has 0 aromatic carbocycles. The van der Waals surface area contributed by atoms with Crippen molar-refractivity contribution in [3.8, 4) is 0 Å². The van der Waals surface area contributed by atoms with Crippen molar-refractivity contribution in [2.45, 2.75) is 59.0 Å². The molecule has 1 atom stereocenters. The first-order chi connectivity index (χ1) is 6.70. The van der Waals surface area contributed by atoms with E-state index in [0.29, 0.717) is 0 Å². The Morgan fingerprint density at radius 1 is 1.36 bits per heavy atom. The number of rotatable bonds is 7. The zero-order chi connectivity index (χ0) is 10.8. The second-order valence-electron chi connectivity index (χ2n) is 3.48. The predicted molar refractivity (Wildman–Crippen MR) is 59.1 cm³/mol. The first kappa shape index (κ1) is 13.2. The lowest BCUT2D eigenvalue weighted by Crippen LogP contribution is -2.12. The summed E-state index contributed by atoms with van der Waals surface area (Å²) in [6.07, 6.45) is 9.76. The number of ether oxygens (including phenoxy) is 1. The van der Waals surface area contributed by atoms with Crippen LogP contribution in [0.3, 0.4) is 0 Å². The molecule has 0 heterocycles. The van der Waals surface area contributed by atoms with Crippen LogP contribution in [0.1, 0.15) is 52.9 Å². The number of carbonyl (C=O) groups excluding carboxylic acids is 1. The summed E-state index contributed by atoms with van der Waals surface area (Å²) >= 11 is 0. The summed E-state index contributed by atoms with van der Waals surface area (Å²) in [5.74, 6) is -0.199. The molecule has 2 nitrogen and oxygen atoms in total. The van der Waals surface area contributed by atoms with Crippen LogP contribution in [-0.4, -0.2) is 12.1 Å². The quantitative estimate of drug-likeness (QED) is 0.356. The van der Waals surface area contributed by atoms with Crippen LogP contribution in [0.15, 0.2) is 12.2 Å². The number of allylic oxidation sites excluding steroid dienone is 1. The van der Waals surface area contributed by atoms with Gasteiger partial charge in [0.25, 0.3) is 0 Å². The smallest absolute Gasteiger partial charge is 0.303 e. The topological polar surface area (TPSA) is 26.3 Å². The van der Waals surface area contributed by atoms with Gasteiger partial charge in [-0.3, -0.25) is 4.79 Å². The van der Waals surface area contributed by atoms with Crippen LogP contribution in [0, 0.1) is 0 Å². The van der Waals surface area contributed by atoms with E-state index in [1.165, 1.54) is 26.2 Å². The van der Waals surface area contributed by atoms with E-state index in [-0.39, 0.29) is 12.1 Å². The fourth-order valence-corrected chi connectivity index (χ4v) is 1.23. The van der Waals surface area contributed by atoms with Crippen LogP contribution in [0.4, 0.5) is 0 Å². The molecule has 0 aromatic heterocycles. The van der Waals surface area contributed by atoms with Crippen molar-refractivity contribution in [1.82, 2.24) is 0 Å². The Balaban J connectivity index is 3.63. The summed E-state index contributed by atoms with van der Waals surface area (Å²) in [7, 11) is 0.